The highest BCUT2D eigenvalue weighted by Crippen LogP contribution is 2.42. The molecule has 5 aromatic carbocycles. The van der Waals surface area contributed by atoms with E-state index in [0.29, 0.717) is 108 Å². The van der Waals surface area contributed by atoms with Crippen LogP contribution in [-0.4, -0.2) is 135 Å². The minimum Gasteiger partial charge on any atom is -0.390 e. The summed E-state index contributed by atoms with van der Waals surface area (Å²) in [4.78, 5) is 21.8. The summed E-state index contributed by atoms with van der Waals surface area (Å²) >= 11 is 1.45. The number of likely N-dealkylation sites (tertiary alicyclic amines) is 2. The van der Waals surface area contributed by atoms with Crippen molar-refractivity contribution in [1.82, 2.24) is 14.4 Å². The normalized spacial score (nSPS) is 17.6. The van der Waals surface area contributed by atoms with Gasteiger partial charge in [-0.25, -0.2) is 21.2 Å². The average Bonchev–Trinajstić information content (AvgIpc) is 4.01. The van der Waals surface area contributed by atoms with Crippen molar-refractivity contribution in [3.63, 3.8) is 0 Å². The number of benzene rings is 5. The van der Waals surface area contributed by atoms with Crippen molar-refractivity contribution in [3.8, 4) is 22.4 Å². The maximum absolute atomic E-state index is 14.5. The fourth-order valence-corrected chi connectivity index (χ4v) is 13.6. The number of rotatable bonds is 17. The van der Waals surface area contributed by atoms with Gasteiger partial charge in [0, 0.05) is 111 Å². The summed E-state index contributed by atoms with van der Waals surface area (Å²) < 4.78 is 116. The molecule has 14 nitrogen and oxygen atoms in total. The first-order chi connectivity index (χ1) is 37.4. The molecular weight excluding hydrogens is 1080 g/mol. The van der Waals surface area contributed by atoms with E-state index in [1.165, 1.54) is 36.0 Å². The molecule has 4 heterocycles. The van der Waals surface area contributed by atoms with E-state index in [2.05, 4.69) is 30.8 Å². The fourth-order valence-electron chi connectivity index (χ4n) is 10.5. The summed E-state index contributed by atoms with van der Waals surface area (Å²) in [6.45, 7) is 10.5. The van der Waals surface area contributed by atoms with Gasteiger partial charge in [0.15, 0.2) is 0 Å². The van der Waals surface area contributed by atoms with Gasteiger partial charge in [-0.2, -0.15) is 13.2 Å². The van der Waals surface area contributed by atoms with Crippen LogP contribution >= 0.6 is 11.8 Å². The molecule has 0 unspecified atom stereocenters. The van der Waals surface area contributed by atoms with E-state index in [1.807, 2.05) is 67.1 Å². The first-order valence-corrected chi connectivity index (χ1v) is 30.4. The third kappa shape index (κ3) is 13.2. The Morgan fingerprint density at radius 3 is 1.95 bits per heavy atom. The van der Waals surface area contributed by atoms with E-state index >= 15 is 0 Å². The molecule has 9 rings (SSSR count). The maximum Gasteiger partial charge on any atom is 0.501 e. The number of sulfone groups is 1. The molecule has 21 heteroatoms. The van der Waals surface area contributed by atoms with Gasteiger partial charge in [-0.05, 0) is 155 Å². The number of piperidine rings is 2. The number of amides is 1. The monoisotopic (exact) mass is 1150 g/mol. The number of sulfonamides is 1. The number of carbonyl (C=O) groups excluding carboxylic acids is 1. The fraction of sp³-hybridized carbons (Fsp3) is 0.397. The van der Waals surface area contributed by atoms with Gasteiger partial charge in [0.1, 0.15) is 10.7 Å². The van der Waals surface area contributed by atoms with Gasteiger partial charge in [-0.3, -0.25) is 9.52 Å². The molecule has 1 atom stereocenters. The molecule has 0 saturated carbocycles. The highest BCUT2D eigenvalue weighted by Gasteiger charge is 2.48. The number of halogens is 4. The van der Waals surface area contributed by atoms with Crippen LogP contribution in [-0.2, 0) is 26.9 Å². The molecule has 0 spiro atoms. The Morgan fingerprint density at radius 1 is 0.722 bits per heavy atom. The van der Waals surface area contributed by atoms with Crippen molar-refractivity contribution in [2.75, 3.05) is 84.5 Å². The van der Waals surface area contributed by atoms with Gasteiger partial charge < -0.3 is 39.7 Å². The van der Waals surface area contributed by atoms with E-state index < -0.39 is 52.4 Å². The van der Waals surface area contributed by atoms with Crippen LogP contribution in [0.25, 0.3) is 22.4 Å². The maximum atomic E-state index is 14.5. The van der Waals surface area contributed by atoms with Gasteiger partial charge in [0.05, 0.1) is 33.0 Å². The molecular formula is C58H67F4N7O7S3. The summed E-state index contributed by atoms with van der Waals surface area (Å²) in [5.41, 5.74) is -1.49. The van der Waals surface area contributed by atoms with E-state index in [1.54, 1.807) is 43.0 Å². The predicted molar refractivity (Wildman–Crippen MR) is 304 cm³/mol. The number of anilines is 4. The van der Waals surface area contributed by atoms with Crippen LogP contribution in [0.2, 0.25) is 0 Å². The smallest absolute Gasteiger partial charge is 0.390 e. The molecule has 3 aliphatic heterocycles. The van der Waals surface area contributed by atoms with E-state index in [-0.39, 0.29) is 23.1 Å². The Balaban J connectivity index is 0.895. The van der Waals surface area contributed by atoms with Crippen LogP contribution in [0.4, 0.5) is 40.3 Å². The lowest BCUT2D eigenvalue weighted by Gasteiger charge is -2.37. The lowest BCUT2D eigenvalue weighted by molar-refractivity contribution is -0.0436. The van der Waals surface area contributed by atoms with Gasteiger partial charge in [0.25, 0.3) is 25.8 Å². The summed E-state index contributed by atoms with van der Waals surface area (Å²) in [5.74, 6) is -0.147. The molecule has 422 valence electrons. The average molecular weight is 1150 g/mol. The zero-order valence-electron chi connectivity index (χ0n) is 44.6. The van der Waals surface area contributed by atoms with Crippen LogP contribution in [0.15, 0.2) is 136 Å². The SMILES string of the molecule is Cc1c(C(=O)N2CCC(C)(O)CC2)c(-c2cccc(N3CCN(c4ccc(NS(=O)(=O)c5ccc(N[C@H](CCN6CCC(C)(O)CC6)CSc6ccccc6)c(S(=O)(=O)C(F)(F)F)c5)cc4)CC3)c2)c(-c2ccc(F)cc2)n1C. The summed E-state index contributed by atoms with van der Waals surface area (Å²) in [7, 11) is -8.76. The van der Waals surface area contributed by atoms with Crippen LogP contribution in [0.3, 0.4) is 0 Å². The minimum absolute atomic E-state index is 0.111. The van der Waals surface area contributed by atoms with E-state index in [9.17, 15) is 49.4 Å². The number of aliphatic hydroxyl groups is 2. The molecule has 0 bridgehead atoms. The zero-order valence-corrected chi connectivity index (χ0v) is 47.1. The third-order valence-corrected chi connectivity index (χ3v) is 19.6. The summed E-state index contributed by atoms with van der Waals surface area (Å²) in [6.07, 6.45) is 2.45. The highest BCUT2D eigenvalue weighted by molar-refractivity contribution is 7.99. The molecule has 3 fully saturated rings. The molecule has 79 heavy (non-hydrogen) atoms. The zero-order chi connectivity index (χ0) is 56.5. The molecule has 6 aromatic rings. The number of hydrogen-bond donors (Lipinski definition) is 4. The van der Waals surface area contributed by atoms with Crippen LogP contribution in [0.5, 0.6) is 0 Å². The Labute approximate surface area is 464 Å². The number of nitrogens with zero attached hydrogens (tertiary/aromatic N) is 5. The van der Waals surface area contributed by atoms with Crippen molar-refractivity contribution < 1.29 is 49.4 Å². The first kappa shape index (κ1) is 57.6. The summed E-state index contributed by atoms with van der Waals surface area (Å²) in [6, 6.07) is 32.3. The van der Waals surface area contributed by atoms with Gasteiger partial charge >= 0.3 is 5.51 Å². The number of alkyl halides is 3. The molecule has 1 aromatic heterocycles. The highest BCUT2D eigenvalue weighted by atomic mass is 32.2. The van der Waals surface area contributed by atoms with Gasteiger partial charge in [-0.15, -0.1) is 11.8 Å². The largest absolute Gasteiger partial charge is 0.501 e. The van der Waals surface area contributed by atoms with E-state index in [4.69, 9.17) is 0 Å². The number of thioether (sulfide) groups is 1. The second-order valence-corrected chi connectivity index (χ2v) is 26.1. The number of carbonyl (C=O) groups is 1. The Kier molecular flexibility index (Phi) is 16.9. The topological polar surface area (TPSA) is 168 Å². The summed E-state index contributed by atoms with van der Waals surface area (Å²) in [5, 5.41) is 24.2. The van der Waals surface area contributed by atoms with Crippen LogP contribution < -0.4 is 19.8 Å². The van der Waals surface area contributed by atoms with Crippen LogP contribution in [0.1, 0.15) is 62.0 Å². The standard InChI is InChI=1S/C58H67F4N7O7S3/c1-40-52(55(70)69-31-26-57(3,72)27-32-69)53(54(65(40)4)41-13-15-43(59)16-14-41)42-9-8-10-47(37-42)68-35-33-67(34-36-68)46-19-17-44(18-20-46)64-79(75,76)49-21-22-50(51(38-49)78(73,74)58(60,61)62)63-45(39-77-48-11-6-5-7-12-48)23-28-66-29-24-56(2,71)25-30-66/h5-22,37-38,45,63-64,71-72H,23-36,39H2,1-4H3/t45-/m1/s1. The number of piperazine rings is 1. The Morgan fingerprint density at radius 2 is 1.33 bits per heavy atom. The van der Waals surface area contributed by atoms with E-state index in [0.717, 1.165) is 56.5 Å². The van der Waals surface area contributed by atoms with Crippen molar-refractivity contribution in [3.05, 3.63) is 138 Å². The second-order valence-electron chi connectivity index (χ2n) is 21.4. The van der Waals surface area contributed by atoms with Gasteiger partial charge in [-0.1, -0.05) is 30.3 Å². The second kappa shape index (κ2) is 23.2. The molecule has 1 amide bonds. The van der Waals surface area contributed by atoms with Crippen molar-refractivity contribution in [2.24, 2.45) is 7.05 Å². The molecule has 0 radical (unpaired) electrons. The minimum atomic E-state index is -6.05. The predicted octanol–water partition coefficient (Wildman–Crippen LogP) is 10.0. The molecule has 0 aliphatic carbocycles. The Hall–Kier alpha value is -6.10. The third-order valence-electron chi connectivity index (χ3n) is 15.5. The Bertz CT molecular complexity index is 3350. The van der Waals surface area contributed by atoms with Crippen molar-refractivity contribution >= 4 is 60.3 Å². The lowest BCUT2D eigenvalue weighted by atomic mass is 9.92. The molecule has 4 N–H and O–H groups in total. The van der Waals surface area contributed by atoms with Gasteiger partial charge in [0.2, 0.25) is 0 Å². The first-order valence-electron chi connectivity index (χ1n) is 26.4. The van der Waals surface area contributed by atoms with Crippen LogP contribution in [0, 0.1) is 12.7 Å². The van der Waals surface area contributed by atoms with Crippen molar-refractivity contribution in [2.45, 2.75) is 90.3 Å². The number of aromatic nitrogens is 1. The number of hydrogen-bond acceptors (Lipinski definition) is 12. The number of nitrogens with one attached hydrogen (secondary N) is 2. The van der Waals surface area contributed by atoms with Crippen molar-refractivity contribution in [1.29, 1.82) is 0 Å². The lowest BCUT2D eigenvalue weighted by Crippen LogP contribution is -2.46. The molecule has 3 aliphatic rings. The quantitative estimate of drug-likeness (QED) is 0.0505. The molecule has 3 saturated heterocycles.